The number of para-hydroxylation sites is 1. The fourth-order valence-electron chi connectivity index (χ4n) is 2.52. The first-order valence-electron chi connectivity index (χ1n) is 8.46. The van der Waals surface area contributed by atoms with Crippen LogP contribution in [-0.2, 0) is 4.79 Å². The van der Waals surface area contributed by atoms with Gasteiger partial charge in [-0.25, -0.2) is 14.4 Å². The van der Waals surface area contributed by atoms with Crippen LogP contribution in [-0.4, -0.2) is 27.8 Å². The number of halogens is 1. The number of carbonyl (C=O) groups is 2. The molecule has 0 aliphatic carbocycles. The predicted octanol–water partition coefficient (Wildman–Crippen LogP) is 3.14. The second-order valence-electron chi connectivity index (χ2n) is 6.26. The van der Waals surface area contributed by atoms with Crippen LogP contribution >= 0.6 is 0 Å². The van der Waals surface area contributed by atoms with Gasteiger partial charge < -0.3 is 10.6 Å². The summed E-state index contributed by atoms with van der Waals surface area (Å²) in [7, 11) is 0. The van der Waals surface area contributed by atoms with E-state index in [4.69, 9.17) is 0 Å². The number of benzene rings is 2. The van der Waals surface area contributed by atoms with Gasteiger partial charge in [-0.2, -0.15) is 0 Å². The van der Waals surface area contributed by atoms with Crippen LogP contribution < -0.4 is 10.6 Å². The molecule has 3 aromatic rings. The third-order valence-corrected chi connectivity index (χ3v) is 4.21. The van der Waals surface area contributed by atoms with Gasteiger partial charge in [-0.05, 0) is 51.1 Å². The van der Waals surface area contributed by atoms with Gasteiger partial charge in [0.25, 0.3) is 5.91 Å². The van der Waals surface area contributed by atoms with Gasteiger partial charge in [0.15, 0.2) is 0 Å². The summed E-state index contributed by atoms with van der Waals surface area (Å²) < 4.78 is 13.6. The molecule has 2 aromatic carbocycles. The molecule has 3 rings (SSSR count). The van der Waals surface area contributed by atoms with Crippen molar-refractivity contribution in [3.63, 3.8) is 0 Å². The zero-order valence-electron chi connectivity index (χ0n) is 15.2. The second kappa shape index (κ2) is 7.49. The molecule has 138 valence electrons. The Hall–Kier alpha value is -3.35. The van der Waals surface area contributed by atoms with Crippen LogP contribution in [0, 0.1) is 19.7 Å². The number of anilines is 1. The van der Waals surface area contributed by atoms with E-state index in [0.717, 1.165) is 11.4 Å². The molecular formula is C20H19FN4O2. The van der Waals surface area contributed by atoms with Gasteiger partial charge >= 0.3 is 0 Å². The van der Waals surface area contributed by atoms with Crippen molar-refractivity contribution in [2.45, 2.75) is 26.8 Å². The SMILES string of the molecule is Cc1nc2ccc(C(=O)NC(C)C(=O)Nc3ccccc3F)cc2nc1C. The maximum atomic E-state index is 13.6. The average Bonchev–Trinajstić information content (AvgIpc) is 2.64. The Kier molecular flexibility index (Phi) is 5.12. The summed E-state index contributed by atoms with van der Waals surface area (Å²) in [6.45, 7) is 5.25. The normalized spacial score (nSPS) is 11.9. The number of amides is 2. The Morgan fingerprint density at radius 1 is 1.00 bits per heavy atom. The van der Waals surface area contributed by atoms with Gasteiger partial charge in [-0.3, -0.25) is 9.59 Å². The van der Waals surface area contributed by atoms with Crippen LogP contribution in [0.4, 0.5) is 10.1 Å². The lowest BCUT2D eigenvalue weighted by Crippen LogP contribution is -2.41. The first-order valence-corrected chi connectivity index (χ1v) is 8.46. The van der Waals surface area contributed by atoms with Crippen molar-refractivity contribution in [2.24, 2.45) is 0 Å². The molecule has 27 heavy (non-hydrogen) atoms. The molecule has 1 atom stereocenters. The fourth-order valence-corrected chi connectivity index (χ4v) is 2.52. The van der Waals surface area contributed by atoms with Crippen molar-refractivity contribution in [2.75, 3.05) is 5.32 Å². The summed E-state index contributed by atoms with van der Waals surface area (Å²) in [6, 6.07) is 9.97. The maximum absolute atomic E-state index is 13.6. The van der Waals surface area contributed by atoms with Crippen molar-refractivity contribution >= 4 is 28.5 Å². The quantitative estimate of drug-likeness (QED) is 0.743. The molecule has 2 N–H and O–H groups in total. The molecule has 1 heterocycles. The number of nitrogens with one attached hydrogen (secondary N) is 2. The number of hydrogen-bond donors (Lipinski definition) is 2. The summed E-state index contributed by atoms with van der Waals surface area (Å²) in [6.07, 6.45) is 0. The van der Waals surface area contributed by atoms with Gasteiger partial charge in [0, 0.05) is 5.56 Å². The zero-order chi connectivity index (χ0) is 19.6. The Bertz CT molecular complexity index is 1040. The van der Waals surface area contributed by atoms with E-state index < -0.39 is 23.7 Å². The highest BCUT2D eigenvalue weighted by molar-refractivity contribution is 6.02. The highest BCUT2D eigenvalue weighted by Crippen LogP contribution is 2.15. The minimum Gasteiger partial charge on any atom is -0.341 e. The highest BCUT2D eigenvalue weighted by Gasteiger charge is 2.18. The number of hydrogen-bond acceptors (Lipinski definition) is 4. The number of rotatable bonds is 4. The van der Waals surface area contributed by atoms with Gasteiger partial charge in [0.2, 0.25) is 5.91 Å². The molecular weight excluding hydrogens is 347 g/mol. The van der Waals surface area contributed by atoms with E-state index in [9.17, 15) is 14.0 Å². The van der Waals surface area contributed by atoms with E-state index in [1.165, 1.54) is 25.1 Å². The monoisotopic (exact) mass is 366 g/mol. The molecule has 0 saturated heterocycles. The number of nitrogens with zero attached hydrogens (tertiary/aromatic N) is 2. The minimum atomic E-state index is -0.848. The maximum Gasteiger partial charge on any atom is 0.251 e. The largest absolute Gasteiger partial charge is 0.341 e. The molecule has 2 amide bonds. The van der Waals surface area contributed by atoms with Crippen LogP contribution in [0.1, 0.15) is 28.7 Å². The Morgan fingerprint density at radius 3 is 2.37 bits per heavy atom. The summed E-state index contributed by atoms with van der Waals surface area (Å²) in [5.74, 6) is -1.48. The number of carbonyl (C=O) groups excluding carboxylic acids is 2. The Balaban J connectivity index is 1.72. The van der Waals surface area contributed by atoms with Crippen molar-refractivity contribution < 1.29 is 14.0 Å². The van der Waals surface area contributed by atoms with E-state index in [-0.39, 0.29) is 5.69 Å². The molecule has 0 bridgehead atoms. The predicted molar refractivity (Wildman–Crippen MR) is 101 cm³/mol. The average molecular weight is 366 g/mol. The fraction of sp³-hybridized carbons (Fsp3) is 0.200. The topological polar surface area (TPSA) is 84.0 Å². The lowest BCUT2D eigenvalue weighted by atomic mass is 10.1. The minimum absolute atomic E-state index is 0.0652. The zero-order valence-corrected chi connectivity index (χ0v) is 15.2. The summed E-state index contributed by atoms with van der Waals surface area (Å²) >= 11 is 0. The van der Waals surface area contributed by atoms with Crippen molar-refractivity contribution in [3.8, 4) is 0 Å². The van der Waals surface area contributed by atoms with Gasteiger partial charge in [0.05, 0.1) is 28.1 Å². The van der Waals surface area contributed by atoms with Crippen LogP contribution in [0.15, 0.2) is 42.5 Å². The standard InChI is InChI=1S/C20H19FN4O2/c1-11-12(2)23-18-10-14(8-9-17(18)22-11)20(27)24-13(3)19(26)25-16-7-5-4-6-15(16)21/h4-10,13H,1-3H3,(H,24,27)(H,25,26). The number of aromatic nitrogens is 2. The molecule has 0 spiro atoms. The van der Waals surface area contributed by atoms with Crippen LogP contribution in [0.5, 0.6) is 0 Å². The molecule has 1 unspecified atom stereocenters. The molecule has 0 radical (unpaired) electrons. The Morgan fingerprint density at radius 2 is 1.67 bits per heavy atom. The molecule has 0 aliphatic rings. The first kappa shape index (κ1) is 18.4. The van der Waals surface area contributed by atoms with Crippen molar-refractivity contribution in [1.29, 1.82) is 0 Å². The van der Waals surface area contributed by atoms with Crippen LogP contribution in [0.25, 0.3) is 11.0 Å². The third-order valence-electron chi connectivity index (χ3n) is 4.21. The Labute approximate surface area is 155 Å². The van der Waals surface area contributed by atoms with E-state index in [1.54, 1.807) is 24.3 Å². The molecule has 7 heteroatoms. The van der Waals surface area contributed by atoms with E-state index in [2.05, 4.69) is 20.6 Å². The van der Waals surface area contributed by atoms with Crippen LogP contribution in [0.3, 0.4) is 0 Å². The smallest absolute Gasteiger partial charge is 0.251 e. The van der Waals surface area contributed by atoms with Gasteiger partial charge in [-0.15, -0.1) is 0 Å². The number of fused-ring (bicyclic) bond motifs is 1. The van der Waals surface area contributed by atoms with E-state index in [0.29, 0.717) is 16.6 Å². The molecule has 6 nitrogen and oxygen atoms in total. The van der Waals surface area contributed by atoms with Gasteiger partial charge in [-0.1, -0.05) is 12.1 Å². The molecule has 0 aliphatic heterocycles. The lowest BCUT2D eigenvalue weighted by molar-refractivity contribution is -0.117. The summed E-state index contributed by atoms with van der Waals surface area (Å²) in [5, 5.41) is 5.06. The number of aryl methyl sites for hydroxylation is 2. The second-order valence-corrected chi connectivity index (χ2v) is 6.26. The van der Waals surface area contributed by atoms with E-state index >= 15 is 0 Å². The molecule has 0 saturated carbocycles. The third kappa shape index (κ3) is 4.08. The van der Waals surface area contributed by atoms with Crippen molar-refractivity contribution in [3.05, 3.63) is 65.2 Å². The van der Waals surface area contributed by atoms with Crippen molar-refractivity contribution in [1.82, 2.24) is 15.3 Å². The summed E-state index contributed by atoms with van der Waals surface area (Å²) in [4.78, 5) is 33.5. The van der Waals surface area contributed by atoms with E-state index in [1.807, 2.05) is 13.8 Å². The molecule has 0 fully saturated rings. The summed E-state index contributed by atoms with van der Waals surface area (Å²) in [5.41, 5.74) is 3.35. The van der Waals surface area contributed by atoms with Gasteiger partial charge in [0.1, 0.15) is 11.9 Å². The van der Waals surface area contributed by atoms with Crippen LogP contribution in [0.2, 0.25) is 0 Å². The highest BCUT2D eigenvalue weighted by atomic mass is 19.1. The first-order chi connectivity index (χ1) is 12.8. The molecule has 1 aromatic heterocycles. The lowest BCUT2D eigenvalue weighted by Gasteiger charge is -2.15.